The molecule has 0 aliphatic carbocycles. The minimum absolute atomic E-state index is 0.0454. The van der Waals surface area contributed by atoms with Crippen LogP contribution < -0.4 is 4.74 Å². The molecule has 0 spiro atoms. The molecular weight excluding hydrogens is 246 g/mol. The second kappa shape index (κ2) is 7.68. The molecule has 0 aromatic carbocycles. The number of hydrogen-bond acceptors (Lipinski definition) is 5. The molecule has 1 atom stereocenters. The van der Waals surface area contributed by atoms with Gasteiger partial charge in [0.15, 0.2) is 0 Å². The van der Waals surface area contributed by atoms with Crippen LogP contribution in [0.25, 0.3) is 0 Å². The molecule has 6 heteroatoms. The Labute approximate surface area is 113 Å². The molecule has 19 heavy (non-hydrogen) atoms. The van der Waals surface area contributed by atoms with Gasteiger partial charge in [-0.15, -0.1) is 0 Å². The average Bonchev–Trinajstić information content (AvgIpc) is 2.44. The van der Waals surface area contributed by atoms with Crippen molar-refractivity contribution in [1.29, 1.82) is 0 Å². The molecule has 0 aliphatic rings. The van der Waals surface area contributed by atoms with Crippen molar-refractivity contribution in [3.8, 4) is 6.01 Å². The average molecular weight is 267 g/mol. The predicted molar refractivity (Wildman–Crippen MR) is 71.2 cm³/mol. The Morgan fingerprint density at radius 3 is 2.47 bits per heavy atom. The van der Waals surface area contributed by atoms with Crippen molar-refractivity contribution in [3.63, 3.8) is 0 Å². The Hall–Kier alpha value is -1.69. The Balaban J connectivity index is 2.75. The van der Waals surface area contributed by atoms with Crippen molar-refractivity contribution in [2.75, 3.05) is 27.4 Å². The third kappa shape index (κ3) is 4.17. The molecule has 0 fully saturated rings. The molecule has 106 valence electrons. The van der Waals surface area contributed by atoms with Gasteiger partial charge >= 0.3 is 6.01 Å². The fourth-order valence-electron chi connectivity index (χ4n) is 1.70. The highest BCUT2D eigenvalue weighted by atomic mass is 16.5. The van der Waals surface area contributed by atoms with E-state index in [2.05, 4.69) is 9.97 Å². The Morgan fingerprint density at radius 2 is 2.00 bits per heavy atom. The van der Waals surface area contributed by atoms with Gasteiger partial charge in [-0.3, -0.25) is 4.79 Å². The summed E-state index contributed by atoms with van der Waals surface area (Å²) < 4.78 is 10.2. The van der Waals surface area contributed by atoms with Gasteiger partial charge in [0.05, 0.1) is 24.8 Å². The lowest BCUT2D eigenvalue weighted by Crippen LogP contribution is -2.39. The van der Waals surface area contributed by atoms with Crippen LogP contribution >= 0.6 is 0 Å². The quantitative estimate of drug-likeness (QED) is 0.746. The molecule has 1 heterocycles. The van der Waals surface area contributed by atoms with Crippen LogP contribution in [0.15, 0.2) is 12.4 Å². The van der Waals surface area contributed by atoms with Gasteiger partial charge in [0, 0.05) is 26.6 Å². The normalized spacial score (nSPS) is 12.0. The van der Waals surface area contributed by atoms with E-state index < -0.39 is 0 Å². The number of rotatable bonds is 7. The second-order valence-electron chi connectivity index (χ2n) is 4.12. The second-order valence-corrected chi connectivity index (χ2v) is 4.12. The van der Waals surface area contributed by atoms with E-state index in [0.717, 1.165) is 6.42 Å². The van der Waals surface area contributed by atoms with Crippen molar-refractivity contribution in [2.24, 2.45) is 0 Å². The summed E-state index contributed by atoms with van der Waals surface area (Å²) in [5, 5.41) is 0. The number of carbonyl (C=O) groups excluding carboxylic acids is 1. The van der Waals surface area contributed by atoms with Crippen LogP contribution in [0.3, 0.4) is 0 Å². The maximum atomic E-state index is 12.2. The van der Waals surface area contributed by atoms with E-state index in [0.29, 0.717) is 18.8 Å². The van der Waals surface area contributed by atoms with Crippen molar-refractivity contribution in [2.45, 2.75) is 26.3 Å². The van der Waals surface area contributed by atoms with E-state index in [4.69, 9.17) is 9.47 Å². The topological polar surface area (TPSA) is 64.5 Å². The van der Waals surface area contributed by atoms with Crippen LogP contribution in [0.4, 0.5) is 0 Å². The van der Waals surface area contributed by atoms with Gasteiger partial charge < -0.3 is 14.4 Å². The number of aromatic nitrogens is 2. The maximum Gasteiger partial charge on any atom is 0.316 e. The highest BCUT2D eigenvalue weighted by Crippen LogP contribution is 2.09. The first-order chi connectivity index (χ1) is 9.13. The van der Waals surface area contributed by atoms with Crippen LogP contribution in [0, 0.1) is 0 Å². The van der Waals surface area contributed by atoms with Crippen molar-refractivity contribution >= 4 is 5.91 Å². The van der Waals surface area contributed by atoms with Gasteiger partial charge in [-0.25, -0.2) is 9.97 Å². The number of methoxy groups -OCH3 is 1. The summed E-state index contributed by atoms with van der Waals surface area (Å²) in [5.41, 5.74) is 0.445. The number of amides is 1. The first-order valence-corrected chi connectivity index (χ1v) is 6.34. The first kappa shape index (κ1) is 15.4. The molecule has 0 saturated heterocycles. The molecule has 1 unspecified atom stereocenters. The van der Waals surface area contributed by atoms with Crippen LogP contribution in [0.1, 0.15) is 30.6 Å². The van der Waals surface area contributed by atoms with E-state index in [9.17, 15) is 4.79 Å². The first-order valence-electron chi connectivity index (χ1n) is 6.34. The summed E-state index contributed by atoms with van der Waals surface area (Å²) in [6.07, 6.45) is 3.79. The Kier molecular flexibility index (Phi) is 6.21. The zero-order valence-electron chi connectivity index (χ0n) is 11.9. The lowest BCUT2D eigenvalue weighted by molar-refractivity contribution is 0.0596. The smallest absolute Gasteiger partial charge is 0.316 e. The minimum atomic E-state index is -0.119. The largest absolute Gasteiger partial charge is 0.464 e. The summed E-state index contributed by atoms with van der Waals surface area (Å²) in [6.45, 7) is 4.88. The SMILES string of the molecule is CCOc1ncc(C(=O)N(C)C(CC)COC)cn1. The number of ether oxygens (including phenoxy) is 2. The molecule has 0 radical (unpaired) electrons. The van der Waals surface area contributed by atoms with Gasteiger partial charge in [0.2, 0.25) is 0 Å². The molecule has 6 nitrogen and oxygen atoms in total. The summed E-state index contributed by atoms with van der Waals surface area (Å²) in [6, 6.07) is 0.328. The molecule has 1 aromatic heterocycles. The minimum Gasteiger partial charge on any atom is -0.464 e. The van der Waals surface area contributed by atoms with E-state index in [1.165, 1.54) is 12.4 Å². The Morgan fingerprint density at radius 1 is 1.37 bits per heavy atom. The van der Waals surface area contributed by atoms with Crippen molar-refractivity contribution in [3.05, 3.63) is 18.0 Å². The van der Waals surface area contributed by atoms with Crippen LogP contribution in [0.2, 0.25) is 0 Å². The third-order valence-electron chi connectivity index (χ3n) is 2.85. The van der Waals surface area contributed by atoms with E-state index >= 15 is 0 Å². The molecule has 0 N–H and O–H groups in total. The molecule has 1 rings (SSSR count). The van der Waals surface area contributed by atoms with Crippen molar-refractivity contribution in [1.82, 2.24) is 14.9 Å². The molecule has 0 aliphatic heterocycles. The molecule has 1 amide bonds. The summed E-state index contributed by atoms with van der Waals surface area (Å²) in [4.78, 5) is 21.9. The van der Waals surface area contributed by atoms with Crippen LogP contribution in [0.5, 0.6) is 6.01 Å². The van der Waals surface area contributed by atoms with Crippen LogP contribution in [-0.2, 0) is 4.74 Å². The monoisotopic (exact) mass is 267 g/mol. The van der Waals surface area contributed by atoms with E-state index in [1.54, 1.807) is 19.1 Å². The third-order valence-corrected chi connectivity index (χ3v) is 2.85. The number of hydrogen-bond donors (Lipinski definition) is 0. The highest BCUT2D eigenvalue weighted by molar-refractivity contribution is 5.93. The number of likely N-dealkylation sites (N-methyl/N-ethyl adjacent to an activating group) is 1. The predicted octanol–water partition coefficient (Wildman–Crippen LogP) is 1.37. The fraction of sp³-hybridized carbons (Fsp3) is 0.615. The molecule has 0 saturated carbocycles. The zero-order chi connectivity index (χ0) is 14.3. The van der Waals surface area contributed by atoms with E-state index in [-0.39, 0.29) is 18.0 Å². The van der Waals surface area contributed by atoms with E-state index in [1.807, 2.05) is 13.8 Å². The van der Waals surface area contributed by atoms with Crippen LogP contribution in [-0.4, -0.2) is 54.2 Å². The summed E-state index contributed by atoms with van der Waals surface area (Å²) in [5.74, 6) is -0.119. The van der Waals surface area contributed by atoms with Crippen molar-refractivity contribution < 1.29 is 14.3 Å². The lowest BCUT2D eigenvalue weighted by atomic mass is 10.2. The highest BCUT2D eigenvalue weighted by Gasteiger charge is 2.20. The van der Waals surface area contributed by atoms with Gasteiger partial charge in [-0.1, -0.05) is 6.92 Å². The molecule has 1 aromatic rings. The molecular formula is C13H21N3O3. The van der Waals surface area contributed by atoms with Gasteiger partial charge in [-0.2, -0.15) is 0 Å². The zero-order valence-corrected chi connectivity index (χ0v) is 11.9. The standard InChI is InChI=1S/C13H21N3O3/c1-5-11(9-18-4)16(3)12(17)10-7-14-13(15-8-10)19-6-2/h7-8,11H,5-6,9H2,1-4H3. The van der Waals surface area contributed by atoms with Gasteiger partial charge in [0.1, 0.15) is 0 Å². The lowest BCUT2D eigenvalue weighted by Gasteiger charge is -2.26. The summed E-state index contributed by atoms with van der Waals surface area (Å²) >= 11 is 0. The molecule has 0 bridgehead atoms. The van der Waals surface area contributed by atoms with Gasteiger partial charge in [-0.05, 0) is 13.3 Å². The number of carbonyl (C=O) groups is 1. The number of nitrogens with zero attached hydrogens (tertiary/aromatic N) is 3. The summed E-state index contributed by atoms with van der Waals surface area (Å²) in [7, 11) is 3.38. The van der Waals surface area contributed by atoms with Gasteiger partial charge in [0.25, 0.3) is 5.91 Å². The Bertz CT molecular complexity index is 395. The maximum absolute atomic E-state index is 12.2. The fourth-order valence-corrected chi connectivity index (χ4v) is 1.70.